The number of aliphatic hydroxyl groups is 1. The first-order chi connectivity index (χ1) is 11.1. The van der Waals surface area contributed by atoms with Gasteiger partial charge in [0, 0.05) is 0 Å². The predicted molar refractivity (Wildman–Crippen MR) is 80.2 cm³/mol. The van der Waals surface area contributed by atoms with Crippen molar-refractivity contribution in [2.75, 3.05) is 26.4 Å². The molecule has 2 aromatic carbocycles. The van der Waals surface area contributed by atoms with Gasteiger partial charge >= 0.3 is 11.9 Å². The van der Waals surface area contributed by atoms with Crippen LogP contribution in [0.3, 0.4) is 0 Å². The summed E-state index contributed by atoms with van der Waals surface area (Å²) in [6.07, 6.45) is 0. The number of carboxylic acid groups (broad SMARTS) is 1. The maximum absolute atomic E-state index is 11.8. The van der Waals surface area contributed by atoms with Crippen LogP contribution in [-0.4, -0.2) is 48.6 Å². The monoisotopic (exact) mass is 320 g/mol. The van der Waals surface area contributed by atoms with Crippen LogP contribution in [0.5, 0.6) is 0 Å². The Hall–Kier alpha value is -2.48. The summed E-state index contributed by atoms with van der Waals surface area (Å²) in [5, 5.41) is 18.9. The van der Waals surface area contributed by atoms with Gasteiger partial charge in [-0.1, -0.05) is 12.1 Å². The summed E-state index contributed by atoms with van der Waals surface area (Å²) in [6, 6.07) is 9.38. The topological polar surface area (TPSA) is 102 Å². The van der Waals surface area contributed by atoms with Crippen LogP contribution in [0.2, 0.25) is 0 Å². The number of hydrogen-bond acceptors (Lipinski definition) is 6. The number of benzene rings is 2. The molecule has 0 aliphatic heterocycles. The van der Waals surface area contributed by atoms with E-state index in [2.05, 4.69) is 4.89 Å². The molecule has 0 aliphatic carbocycles. The summed E-state index contributed by atoms with van der Waals surface area (Å²) in [5.41, 5.74) is 0.468. The molecule has 0 aliphatic rings. The zero-order chi connectivity index (χ0) is 16.7. The second-order valence-corrected chi connectivity index (χ2v) is 4.61. The van der Waals surface area contributed by atoms with Crippen LogP contribution in [0.1, 0.15) is 20.7 Å². The Labute approximate surface area is 131 Å². The maximum Gasteiger partial charge on any atom is 0.373 e. The first kappa shape index (κ1) is 16.9. The average molecular weight is 320 g/mol. The van der Waals surface area contributed by atoms with Gasteiger partial charge in [0.15, 0.2) is 0 Å². The molecule has 0 radical (unpaired) electrons. The van der Waals surface area contributed by atoms with E-state index in [0.29, 0.717) is 5.39 Å². The van der Waals surface area contributed by atoms with Crippen molar-refractivity contribution in [3.63, 3.8) is 0 Å². The van der Waals surface area contributed by atoms with Gasteiger partial charge in [-0.15, -0.1) is 0 Å². The summed E-state index contributed by atoms with van der Waals surface area (Å²) in [6.45, 7) is 0.367. The number of aromatic carboxylic acids is 1. The van der Waals surface area contributed by atoms with Crippen LogP contribution < -0.4 is 0 Å². The number of ether oxygens (including phenoxy) is 1. The first-order valence-corrected chi connectivity index (χ1v) is 6.91. The van der Waals surface area contributed by atoms with Gasteiger partial charge in [0.25, 0.3) is 0 Å². The van der Waals surface area contributed by atoms with Crippen LogP contribution in [0.15, 0.2) is 36.4 Å². The lowest BCUT2D eigenvalue weighted by Crippen LogP contribution is -2.11. The van der Waals surface area contributed by atoms with Gasteiger partial charge in [-0.2, -0.15) is 4.89 Å². The molecule has 0 fully saturated rings. The minimum Gasteiger partial charge on any atom is -0.478 e. The minimum absolute atomic E-state index is 0.0568. The molecular formula is C16H16O7. The van der Waals surface area contributed by atoms with Gasteiger partial charge in [0.05, 0.1) is 30.9 Å². The van der Waals surface area contributed by atoms with Gasteiger partial charge in [-0.25, -0.2) is 9.59 Å². The predicted octanol–water partition coefficient (Wildman–Crippen LogP) is 1.64. The molecule has 0 unspecified atom stereocenters. The standard InChI is InChI=1S/C16H16O7/c17-5-6-21-7-8-22-23-16(20)14-4-2-11-9-13(15(18)19)3-1-12(11)10-14/h1-4,9-10,17H,5-8H2,(H,18,19). The summed E-state index contributed by atoms with van der Waals surface area (Å²) >= 11 is 0. The van der Waals surface area contributed by atoms with E-state index in [-0.39, 0.29) is 37.6 Å². The smallest absolute Gasteiger partial charge is 0.373 e. The third kappa shape index (κ3) is 4.75. The number of hydrogen-bond donors (Lipinski definition) is 2. The molecule has 0 spiro atoms. The van der Waals surface area contributed by atoms with Crippen molar-refractivity contribution in [3.05, 3.63) is 47.5 Å². The average Bonchev–Trinajstić information content (AvgIpc) is 2.56. The molecule has 2 aromatic rings. The van der Waals surface area contributed by atoms with Crippen molar-refractivity contribution in [3.8, 4) is 0 Å². The molecule has 0 amide bonds. The first-order valence-electron chi connectivity index (χ1n) is 6.91. The van der Waals surface area contributed by atoms with Crippen molar-refractivity contribution in [2.45, 2.75) is 0 Å². The molecule has 2 N–H and O–H groups in total. The van der Waals surface area contributed by atoms with E-state index in [0.717, 1.165) is 5.39 Å². The van der Waals surface area contributed by atoms with E-state index >= 15 is 0 Å². The molecular weight excluding hydrogens is 304 g/mol. The van der Waals surface area contributed by atoms with E-state index < -0.39 is 11.9 Å². The lowest BCUT2D eigenvalue weighted by atomic mass is 10.0. The van der Waals surface area contributed by atoms with E-state index in [9.17, 15) is 9.59 Å². The molecule has 122 valence electrons. The number of aliphatic hydroxyl groups excluding tert-OH is 1. The van der Waals surface area contributed by atoms with Gasteiger partial charge in [0.1, 0.15) is 6.61 Å². The quantitative estimate of drug-likeness (QED) is 0.433. The zero-order valence-corrected chi connectivity index (χ0v) is 12.2. The Morgan fingerprint density at radius 3 is 2.22 bits per heavy atom. The van der Waals surface area contributed by atoms with Crippen molar-refractivity contribution in [1.82, 2.24) is 0 Å². The number of fused-ring (bicyclic) bond motifs is 1. The van der Waals surface area contributed by atoms with Gasteiger partial charge < -0.3 is 14.9 Å². The highest BCUT2D eigenvalue weighted by Gasteiger charge is 2.10. The minimum atomic E-state index is -1.01. The highest BCUT2D eigenvalue weighted by molar-refractivity contribution is 5.98. The molecule has 0 heterocycles. The maximum atomic E-state index is 11.8. The Bertz CT molecular complexity index is 696. The largest absolute Gasteiger partial charge is 0.478 e. The number of carbonyl (C=O) groups is 2. The molecule has 7 heteroatoms. The lowest BCUT2D eigenvalue weighted by Gasteiger charge is -2.06. The second kappa shape index (κ2) is 8.23. The molecule has 7 nitrogen and oxygen atoms in total. The fourth-order valence-corrected chi connectivity index (χ4v) is 1.91. The van der Waals surface area contributed by atoms with Gasteiger partial charge in [0.2, 0.25) is 0 Å². The number of carbonyl (C=O) groups excluding carboxylic acids is 1. The third-order valence-electron chi connectivity index (χ3n) is 3.00. The molecule has 2 rings (SSSR count). The summed E-state index contributed by atoms with van der Waals surface area (Å²) in [7, 11) is 0. The van der Waals surface area contributed by atoms with Crippen molar-refractivity contribution >= 4 is 22.7 Å². The Morgan fingerprint density at radius 1 is 0.913 bits per heavy atom. The second-order valence-electron chi connectivity index (χ2n) is 4.61. The number of carboxylic acids is 1. The van der Waals surface area contributed by atoms with Crippen molar-refractivity contribution in [1.29, 1.82) is 0 Å². The Kier molecular flexibility index (Phi) is 6.04. The zero-order valence-electron chi connectivity index (χ0n) is 12.2. The molecule has 0 aromatic heterocycles. The van der Waals surface area contributed by atoms with Crippen molar-refractivity contribution < 1.29 is 34.3 Å². The molecule has 23 heavy (non-hydrogen) atoms. The van der Waals surface area contributed by atoms with Crippen LogP contribution >= 0.6 is 0 Å². The molecule has 0 bridgehead atoms. The fraction of sp³-hybridized carbons (Fsp3) is 0.250. The highest BCUT2D eigenvalue weighted by atomic mass is 17.2. The van der Waals surface area contributed by atoms with E-state index in [1.165, 1.54) is 18.2 Å². The van der Waals surface area contributed by atoms with Gasteiger partial charge in [-0.3, -0.25) is 4.89 Å². The molecule has 0 saturated heterocycles. The SMILES string of the molecule is O=C(O)c1ccc2cc(C(=O)OOCCOCCO)ccc2c1. The van der Waals surface area contributed by atoms with Crippen LogP contribution in [-0.2, 0) is 14.5 Å². The normalized spacial score (nSPS) is 10.7. The van der Waals surface area contributed by atoms with E-state index in [1.54, 1.807) is 18.2 Å². The van der Waals surface area contributed by atoms with Crippen LogP contribution in [0, 0.1) is 0 Å². The van der Waals surface area contributed by atoms with Crippen LogP contribution in [0.4, 0.5) is 0 Å². The Balaban J connectivity index is 1.96. The fourth-order valence-electron chi connectivity index (χ4n) is 1.91. The summed E-state index contributed by atoms with van der Waals surface area (Å²) < 4.78 is 4.94. The van der Waals surface area contributed by atoms with Crippen LogP contribution in [0.25, 0.3) is 10.8 Å². The highest BCUT2D eigenvalue weighted by Crippen LogP contribution is 2.18. The number of rotatable bonds is 8. The van der Waals surface area contributed by atoms with Crippen molar-refractivity contribution in [2.24, 2.45) is 0 Å². The molecule has 0 saturated carbocycles. The summed E-state index contributed by atoms with van der Waals surface area (Å²) in [4.78, 5) is 32.1. The summed E-state index contributed by atoms with van der Waals surface area (Å²) in [5.74, 6) is -1.66. The Morgan fingerprint density at radius 2 is 1.57 bits per heavy atom. The lowest BCUT2D eigenvalue weighted by molar-refractivity contribution is -0.247. The van der Waals surface area contributed by atoms with Gasteiger partial charge in [-0.05, 0) is 35.0 Å². The van der Waals surface area contributed by atoms with E-state index in [1.807, 2.05) is 0 Å². The van der Waals surface area contributed by atoms with E-state index in [4.69, 9.17) is 19.8 Å². The molecule has 0 atom stereocenters. The third-order valence-corrected chi connectivity index (χ3v) is 3.00.